The smallest absolute Gasteiger partial charge is 0.310 e. The van der Waals surface area contributed by atoms with E-state index in [4.69, 9.17) is 0 Å². The lowest BCUT2D eigenvalue weighted by molar-refractivity contribution is -0.142. The second kappa shape index (κ2) is 5.20. The third-order valence-electron chi connectivity index (χ3n) is 3.13. The summed E-state index contributed by atoms with van der Waals surface area (Å²) in [7, 11) is 3.95. The van der Waals surface area contributed by atoms with E-state index in [1.54, 1.807) is 0 Å². The largest absolute Gasteiger partial charge is 0.481 e. The monoisotopic (exact) mass is 252 g/mol. The molecule has 0 amide bonds. The molecule has 0 aliphatic carbocycles. The molecule has 0 aromatic carbocycles. The molecule has 0 saturated carbocycles. The van der Waals surface area contributed by atoms with Crippen molar-refractivity contribution >= 4 is 5.97 Å². The molecule has 0 atom stereocenters. The van der Waals surface area contributed by atoms with Gasteiger partial charge in [0.25, 0.3) is 0 Å². The summed E-state index contributed by atoms with van der Waals surface area (Å²) in [6, 6.07) is 0. The highest BCUT2D eigenvalue weighted by Crippen LogP contribution is 2.12. The van der Waals surface area contributed by atoms with Gasteiger partial charge in [-0.1, -0.05) is 0 Å². The Hall–Kier alpha value is -1.85. The molecule has 0 fully saturated rings. The van der Waals surface area contributed by atoms with Gasteiger partial charge in [0, 0.05) is 52.0 Å². The zero-order valence-electron chi connectivity index (χ0n) is 10.9. The van der Waals surface area contributed by atoms with E-state index in [9.17, 15) is 9.90 Å². The average Bonchev–Trinajstić information content (AvgIpc) is 2.87. The highest BCUT2D eigenvalue weighted by Gasteiger charge is 2.24. The number of carbonyl (C=O) groups is 1. The fraction of sp³-hybridized carbons (Fsp3) is 0.583. The number of hydrogen-bond acceptors (Lipinski definition) is 5. The lowest BCUT2D eigenvalue weighted by atomic mass is 10.1. The molecule has 2 aliphatic rings. The number of aliphatic carboxylic acids is 1. The van der Waals surface area contributed by atoms with Crippen LogP contribution in [0.2, 0.25) is 0 Å². The number of rotatable bonds is 5. The predicted molar refractivity (Wildman–Crippen MR) is 68.1 cm³/mol. The first-order valence-corrected chi connectivity index (χ1v) is 6.02. The third kappa shape index (κ3) is 3.09. The van der Waals surface area contributed by atoms with Gasteiger partial charge in [-0.2, -0.15) is 0 Å². The average molecular weight is 252 g/mol. The fourth-order valence-electron chi connectivity index (χ4n) is 2.20. The van der Waals surface area contributed by atoms with Crippen LogP contribution in [0.1, 0.15) is 0 Å². The standard InChI is InChI=1S/C12H20N4O2/c1-13-3-5-15(9-13)7-11(12(17)18)8-16-6-4-14(2)10-16/h3-6,11H,7-10H2,1-2H3,(H,17,18). The first-order chi connectivity index (χ1) is 8.54. The van der Waals surface area contributed by atoms with Gasteiger partial charge in [0.2, 0.25) is 0 Å². The van der Waals surface area contributed by atoms with E-state index >= 15 is 0 Å². The zero-order valence-corrected chi connectivity index (χ0v) is 10.9. The second-order valence-corrected chi connectivity index (χ2v) is 4.97. The van der Waals surface area contributed by atoms with Crippen LogP contribution in [0.5, 0.6) is 0 Å². The van der Waals surface area contributed by atoms with Crippen molar-refractivity contribution in [1.82, 2.24) is 19.6 Å². The zero-order chi connectivity index (χ0) is 13.1. The first-order valence-electron chi connectivity index (χ1n) is 6.02. The van der Waals surface area contributed by atoms with Crippen LogP contribution in [-0.4, -0.2) is 71.2 Å². The molecule has 0 aromatic heterocycles. The molecule has 0 bridgehead atoms. The molecule has 0 spiro atoms. The van der Waals surface area contributed by atoms with Gasteiger partial charge in [-0.3, -0.25) is 4.79 Å². The van der Waals surface area contributed by atoms with Crippen molar-refractivity contribution in [1.29, 1.82) is 0 Å². The highest BCUT2D eigenvalue weighted by atomic mass is 16.4. The second-order valence-electron chi connectivity index (χ2n) is 4.97. The fourth-order valence-corrected chi connectivity index (χ4v) is 2.20. The Morgan fingerprint density at radius 1 is 1.06 bits per heavy atom. The van der Waals surface area contributed by atoms with Gasteiger partial charge in [0.1, 0.15) is 0 Å². The van der Waals surface area contributed by atoms with Gasteiger partial charge in [0.15, 0.2) is 0 Å². The maximum absolute atomic E-state index is 11.3. The summed E-state index contributed by atoms with van der Waals surface area (Å²) >= 11 is 0. The number of nitrogens with zero attached hydrogens (tertiary/aromatic N) is 4. The Balaban J connectivity index is 1.86. The molecule has 2 heterocycles. The van der Waals surface area contributed by atoms with Gasteiger partial charge in [0.05, 0.1) is 19.3 Å². The molecule has 1 N–H and O–H groups in total. The Kier molecular flexibility index (Phi) is 3.64. The minimum absolute atomic E-state index is 0.378. The predicted octanol–water partition coefficient (Wildman–Crippen LogP) is 0.0394. The van der Waals surface area contributed by atoms with Crippen LogP contribution in [0.4, 0.5) is 0 Å². The molecule has 18 heavy (non-hydrogen) atoms. The van der Waals surface area contributed by atoms with Crippen molar-refractivity contribution < 1.29 is 9.90 Å². The van der Waals surface area contributed by atoms with Crippen molar-refractivity contribution in [3.63, 3.8) is 0 Å². The Labute approximate surface area is 107 Å². The normalized spacial score (nSPS) is 18.6. The molecule has 100 valence electrons. The quantitative estimate of drug-likeness (QED) is 0.745. The topological polar surface area (TPSA) is 50.3 Å². The molecule has 0 saturated heterocycles. The van der Waals surface area contributed by atoms with Gasteiger partial charge < -0.3 is 24.7 Å². The SMILES string of the molecule is CN1C=CN(CC(CN2C=CN(C)C2)C(=O)O)C1. The van der Waals surface area contributed by atoms with Crippen LogP contribution >= 0.6 is 0 Å². The molecular weight excluding hydrogens is 232 g/mol. The van der Waals surface area contributed by atoms with Gasteiger partial charge >= 0.3 is 5.97 Å². The van der Waals surface area contributed by atoms with Crippen molar-refractivity contribution in [2.45, 2.75) is 0 Å². The molecule has 2 rings (SSSR count). The van der Waals surface area contributed by atoms with Crippen molar-refractivity contribution in [2.24, 2.45) is 5.92 Å². The first kappa shape index (κ1) is 12.6. The molecule has 0 radical (unpaired) electrons. The Morgan fingerprint density at radius 3 is 1.78 bits per heavy atom. The summed E-state index contributed by atoms with van der Waals surface area (Å²) in [5, 5.41) is 9.30. The molecular formula is C12H20N4O2. The maximum Gasteiger partial charge on any atom is 0.310 e. The van der Waals surface area contributed by atoms with E-state index in [1.165, 1.54) is 0 Å². The molecule has 0 unspecified atom stereocenters. The summed E-state index contributed by atoms with van der Waals surface area (Å²) in [5.41, 5.74) is 0. The number of hydrogen-bond donors (Lipinski definition) is 1. The van der Waals surface area contributed by atoms with Crippen LogP contribution in [-0.2, 0) is 4.79 Å². The summed E-state index contributed by atoms with van der Waals surface area (Å²) < 4.78 is 0. The molecule has 6 heteroatoms. The van der Waals surface area contributed by atoms with Crippen molar-refractivity contribution in [3.05, 3.63) is 24.8 Å². The summed E-state index contributed by atoms with van der Waals surface area (Å²) in [4.78, 5) is 19.4. The molecule has 0 aromatic rings. The number of carboxylic acid groups (broad SMARTS) is 1. The van der Waals surface area contributed by atoms with E-state index in [0.717, 1.165) is 13.3 Å². The molecule has 6 nitrogen and oxygen atoms in total. The maximum atomic E-state index is 11.3. The lowest BCUT2D eigenvalue weighted by Crippen LogP contribution is -2.38. The van der Waals surface area contributed by atoms with Gasteiger partial charge in [-0.05, 0) is 0 Å². The number of carboxylic acids is 1. The Bertz CT molecular complexity index is 341. The van der Waals surface area contributed by atoms with Gasteiger partial charge in [-0.15, -0.1) is 0 Å². The van der Waals surface area contributed by atoms with E-state index < -0.39 is 5.97 Å². The van der Waals surface area contributed by atoms with Crippen LogP contribution in [0.15, 0.2) is 24.8 Å². The Morgan fingerprint density at radius 2 is 1.50 bits per heavy atom. The summed E-state index contributed by atoms with van der Waals surface area (Å²) in [6.45, 7) is 2.62. The minimum Gasteiger partial charge on any atom is -0.481 e. The van der Waals surface area contributed by atoms with E-state index in [1.807, 2.05) is 58.5 Å². The van der Waals surface area contributed by atoms with Gasteiger partial charge in [-0.25, -0.2) is 0 Å². The van der Waals surface area contributed by atoms with E-state index in [0.29, 0.717) is 13.1 Å². The van der Waals surface area contributed by atoms with Crippen LogP contribution < -0.4 is 0 Å². The van der Waals surface area contributed by atoms with Crippen molar-refractivity contribution in [3.8, 4) is 0 Å². The lowest BCUT2D eigenvalue weighted by Gasteiger charge is -2.26. The van der Waals surface area contributed by atoms with Crippen LogP contribution in [0.25, 0.3) is 0 Å². The van der Waals surface area contributed by atoms with Crippen LogP contribution in [0.3, 0.4) is 0 Å². The third-order valence-corrected chi connectivity index (χ3v) is 3.13. The minimum atomic E-state index is -0.735. The summed E-state index contributed by atoms with van der Waals surface area (Å²) in [5.74, 6) is -1.11. The van der Waals surface area contributed by atoms with Crippen molar-refractivity contribution in [2.75, 3.05) is 40.5 Å². The summed E-state index contributed by atoms with van der Waals surface area (Å²) in [6.07, 6.45) is 7.81. The van der Waals surface area contributed by atoms with Crippen LogP contribution in [0, 0.1) is 5.92 Å². The highest BCUT2D eigenvalue weighted by molar-refractivity contribution is 5.70. The van der Waals surface area contributed by atoms with E-state index in [-0.39, 0.29) is 5.92 Å². The van der Waals surface area contributed by atoms with E-state index in [2.05, 4.69) is 0 Å². The molecule has 2 aliphatic heterocycles.